The summed E-state index contributed by atoms with van der Waals surface area (Å²) in [6.45, 7) is 6.11. The number of rotatable bonds is 7. The van der Waals surface area contributed by atoms with Crippen LogP contribution in [0.25, 0.3) is 10.9 Å². The fraction of sp³-hybridized carbons (Fsp3) is 0.353. The lowest BCUT2D eigenvalue weighted by atomic mass is 10.1. The van der Waals surface area contributed by atoms with Gasteiger partial charge >= 0.3 is 0 Å². The second kappa shape index (κ2) is 6.59. The van der Waals surface area contributed by atoms with Crippen molar-refractivity contribution < 1.29 is 0 Å². The minimum Gasteiger partial charge on any atom is -0.347 e. The second-order valence-electron chi connectivity index (χ2n) is 5.30. The Morgan fingerprint density at radius 1 is 1.14 bits per heavy atom. The van der Waals surface area contributed by atoms with Crippen LogP contribution in [0.2, 0.25) is 0 Å². The summed E-state index contributed by atoms with van der Waals surface area (Å²) >= 11 is 0. The van der Waals surface area contributed by atoms with Gasteiger partial charge in [0.25, 0.3) is 0 Å². The van der Waals surface area contributed by atoms with E-state index in [1.165, 1.54) is 16.5 Å². The van der Waals surface area contributed by atoms with E-state index >= 15 is 0 Å². The predicted molar refractivity (Wildman–Crippen MR) is 86.2 cm³/mol. The summed E-state index contributed by atoms with van der Waals surface area (Å²) in [6, 6.07) is 8.77. The molecule has 1 aromatic carbocycles. The van der Waals surface area contributed by atoms with E-state index in [9.17, 15) is 0 Å². The third-order valence-corrected chi connectivity index (χ3v) is 3.81. The van der Waals surface area contributed by atoms with Gasteiger partial charge in [0.15, 0.2) is 0 Å². The highest BCUT2D eigenvalue weighted by atomic mass is 15.0. The summed E-state index contributed by atoms with van der Waals surface area (Å²) in [4.78, 5) is 4.08. The molecule has 4 heteroatoms. The van der Waals surface area contributed by atoms with Gasteiger partial charge in [0.1, 0.15) is 0 Å². The highest BCUT2D eigenvalue weighted by molar-refractivity contribution is 5.83. The van der Waals surface area contributed by atoms with Crippen LogP contribution < -0.4 is 5.32 Å². The van der Waals surface area contributed by atoms with Gasteiger partial charge in [-0.05, 0) is 30.0 Å². The molecular weight excluding hydrogens is 260 g/mol. The molecule has 2 heterocycles. The van der Waals surface area contributed by atoms with Crippen molar-refractivity contribution >= 4 is 10.9 Å². The quantitative estimate of drug-likeness (QED) is 0.723. The number of hydrogen-bond donors (Lipinski definition) is 1. The van der Waals surface area contributed by atoms with Crippen molar-refractivity contribution in [3.63, 3.8) is 0 Å². The first kappa shape index (κ1) is 13.9. The predicted octanol–water partition coefficient (Wildman–Crippen LogP) is 3.04. The van der Waals surface area contributed by atoms with E-state index in [0.717, 1.165) is 32.6 Å². The topological polar surface area (TPSA) is 34.8 Å². The van der Waals surface area contributed by atoms with Crippen molar-refractivity contribution in [2.24, 2.45) is 0 Å². The van der Waals surface area contributed by atoms with E-state index in [2.05, 4.69) is 56.8 Å². The average Bonchev–Trinajstić information content (AvgIpc) is 3.15. The lowest BCUT2D eigenvalue weighted by Crippen LogP contribution is -2.13. The molecule has 2 aromatic heterocycles. The van der Waals surface area contributed by atoms with Crippen LogP contribution in [0.3, 0.4) is 0 Å². The summed E-state index contributed by atoms with van der Waals surface area (Å²) < 4.78 is 4.50. The fourth-order valence-electron chi connectivity index (χ4n) is 2.77. The van der Waals surface area contributed by atoms with Crippen LogP contribution in [0.1, 0.15) is 18.9 Å². The summed E-state index contributed by atoms with van der Waals surface area (Å²) in [6.07, 6.45) is 9.04. The molecule has 0 spiro atoms. The minimum atomic E-state index is 0.930. The van der Waals surface area contributed by atoms with Crippen LogP contribution in [0.4, 0.5) is 0 Å². The molecule has 4 nitrogen and oxygen atoms in total. The van der Waals surface area contributed by atoms with Gasteiger partial charge in [0.05, 0.1) is 11.8 Å². The fourth-order valence-corrected chi connectivity index (χ4v) is 2.77. The molecule has 0 saturated carbocycles. The highest BCUT2D eigenvalue weighted by Gasteiger charge is 2.06. The summed E-state index contributed by atoms with van der Waals surface area (Å²) in [5, 5.41) is 4.75. The standard InChI is InChI=1S/C17H22N4/c1-2-18-13-16-6-3-5-15-7-11-21(17(15)16)10-4-9-20-12-8-19-14-20/h3,5-8,11-12,14,18H,2,4,9-10,13H2,1H3. The molecule has 1 N–H and O–H groups in total. The van der Waals surface area contributed by atoms with Gasteiger partial charge in [-0.25, -0.2) is 4.98 Å². The molecule has 0 amide bonds. The molecule has 0 bridgehead atoms. The van der Waals surface area contributed by atoms with Gasteiger partial charge in [-0.2, -0.15) is 0 Å². The van der Waals surface area contributed by atoms with Crippen LogP contribution in [0.15, 0.2) is 49.2 Å². The van der Waals surface area contributed by atoms with Crippen molar-refractivity contribution in [1.29, 1.82) is 0 Å². The number of nitrogens with zero attached hydrogens (tertiary/aromatic N) is 3. The van der Waals surface area contributed by atoms with Crippen molar-refractivity contribution in [3.05, 3.63) is 54.7 Å². The van der Waals surface area contributed by atoms with Crippen molar-refractivity contribution in [2.75, 3.05) is 6.54 Å². The van der Waals surface area contributed by atoms with Crippen molar-refractivity contribution in [2.45, 2.75) is 33.0 Å². The lowest BCUT2D eigenvalue weighted by Gasteiger charge is -2.10. The Hall–Kier alpha value is -2.07. The van der Waals surface area contributed by atoms with E-state index in [1.54, 1.807) is 0 Å². The van der Waals surface area contributed by atoms with Gasteiger partial charge in [-0.1, -0.05) is 25.1 Å². The Balaban J connectivity index is 1.75. The molecule has 0 saturated heterocycles. The van der Waals surface area contributed by atoms with E-state index in [-0.39, 0.29) is 0 Å². The molecule has 0 aliphatic rings. The van der Waals surface area contributed by atoms with Crippen LogP contribution in [0.5, 0.6) is 0 Å². The molecule has 0 aliphatic carbocycles. The SMILES string of the molecule is CCNCc1cccc2ccn(CCCn3ccnc3)c12. The zero-order valence-corrected chi connectivity index (χ0v) is 12.5. The number of nitrogens with one attached hydrogen (secondary N) is 1. The Labute approximate surface area is 125 Å². The Bertz CT molecular complexity index is 682. The normalized spacial score (nSPS) is 11.3. The maximum atomic E-state index is 4.08. The number of hydrogen-bond acceptors (Lipinski definition) is 2. The Morgan fingerprint density at radius 2 is 2.10 bits per heavy atom. The zero-order valence-electron chi connectivity index (χ0n) is 12.5. The molecule has 0 fully saturated rings. The first-order valence-electron chi connectivity index (χ1n) is 7.61. The number of benzene rings is 1. The third kappa shape index (κ3) is 3.16. The van der Waals surface area contributed by atoms with Crippen LogP contribution in [0, 0.1) is 0 Å². The molecule has 110 valence electrons. The highest BCUT2D eigenvalue weighted by Crippen LogP contribution is 2.21. The number of aryl methyl sites for hydroxylation is 2. The maximum absolute atomic E-state index is 4.08. The minimum absolute atomic E-state index is 0.930. The molecule has 3 rings (SSSR count). The van der Waals surface area contributed by atoms with Gasteiger partial charge in [-0.15, -0.1) is 0 Å². The van der Waals surface area contributed by atoms with Gasteiger partial charge in [0, 0.05) is 38.2 Å². The zero-order chi connectivity index (χ0) is 14.5. The van der Waals surface area contributed by atoms with E-state index < -0.39 is 0 Å². The molecule has 3 aromatic rings. The molecule has 21 heavy (non-hydrogen) atoms. The van der Waals surface area contributed by atoms with Crippen molar-refractivity contribution in [1.82, 2.24) is 19.4 Å². The Morgan fingerprint density at radius 3 is 2.90 bits per heavy atom. The number of para-hydroxylation sites is 1. The summed E-state index contributed by atoms with van der Waals surface area (Å²) in [5.41, 5.74) is 2.74. The van der Waals surface area contributed by atoms with E-state index in [4.69, 9.17) is 0 Å². The van der Waals surface area contributed by atoms with E-state index in [1.807, 2.05) is 18.7 Å². The smallest absolute Gasteiger partial charge is 0.0945 e. The van der Waals surface area contributed by atoms with Gasteiger partial charge < -0.3 is 14.5 Å². The summed E-state index contributed by atoms with van der Waals surface area (Å²) in [5.74, 6) is 0. The summed E-state index contributed by atoms with van der Waals surface area (Å²) in [7, 11) is 0. The first-order valence-corrected chi connectivity index (χ1v) is 7.61. The largest absolute Gasteiger partial charge is 0.347 e. The van der Waals surface area contributed by atoms with E-state index in [0.29, 0.717) is 0 Å². The number of fused-ring (bicyclic) bond motifs is 1. The van der Waals surface area contributed by atoms with Crippen molar-refractivity contribution in [3.8, 4) is 0 Å². The molecule has 0 unspecified atom stereocenters. The third-order valence-electron chi connectivity index (χ3n) is 3.81. The molecule has 0 radical (unpaired) electrons. The maximum Gasteiger partial charge on any atom is 0.0945 e. The second-order valence-corrected chi connectivity index (χ2v) is 5.30. The Kier molecular flexibility index (Phi) is 4.36. The van der Waals surface area contributed by atoms with Gasteiger partial charge in [-0.3, -0.25) is 0 Å². The van der Waals surface area contributed by atoms with Crippen LogP contribution in [-0.4, -0.2) is 20.7 Å². The van der Waals surface area contributed by atoms with Crippen LogP contribution in [-0.2, 0) is 19.6 Å². The number of aromatic nitrogens is 3. The molecule has 0 aliphatic heterocycles. The lowest BCUT2D eigenvalue weighted by molar-refractivity contribution is 0.572. The van der Waals surface area contributed by atoms with Gasteiger partial charge in [0.2, 0.25) is 0 Å². The first-order chi connectivity index (χ1) is 10.4. The molecule has 0 atom stereocenters. The molecular formula is C17H22N4. The van der Waals surface area contributed by atoms with Crippen LogP contribution >= 0.6 is 0 Å². The number of imidazole rings is 1. The monoisotopic (exact) mass is 282 g/mol. The average molecular weight is 282 g/mol.